The summed E-state index contributed by atoms with van der Waals surface area (Å²) in [4.78, 5) is 21.9. The largest absolute Gasteiger partial charge is 0.330 e. The van der Waals surface area contributed by atoms with Crippen molar-refractivity contribution in [2.45, 2.75) is 19.8 Å². The summed E-state index contributed by atoms with van der Waals surface area (Å²) in [5.74, 6) is 0.0135. The molecule has 0 fully saturated rings. The van der Waals surface area contributed by atoms with Crippen molar-refractivity contribution in [1.82, 2.24) is 0 Å². The molecule has 1 aromatic carbocycles. The van der Waals surface area contributed by atoms with E-state index in [9.17, 15) is 14.9 Å². The SMILES string of the molecule is CCC(CN)CC(=O)Nc1ccc([N+](=O)[O-])c(Br)c1. The quantitative estimate of drug-likeness (QED) is 0.619. The molecule has 1 aromatic rings. The Hall–Kier alpha value is -1.47. The lowest BCUT2D eigenvalue weighted by atomic mass is 10.0. The van der Waals surface area contributed by atoms with Crippen molar-refractivity contribution in [2.24, 2.45) is 11.7 Å². The summed E-state index contributed by atoms with van der Waals surface area (Å²) in [5.41, 5.74) is 6.03. The third-order valence-electron chi connectivity index (χ3n) is 2.81. The van der Waals surface area contributed by atoms with Gasteiger partial charge in [-0.15, -0.1) is 0 Å². The number of nitro benzene ring substituents is 1. The van der Waals surface area contributed by atoms with Crippen molar-refractivity contribution in [3.05, 3.63) is 32.8 Å². The number of rotatable bonds is 6. The summed E-state index contributed by atoms with van der Waals surface area (Å²) in [5, 5.41) is 13.4. The lowest BCUT2D eigenvalue weighted by molar-refractivity contribution is -0.385. The van der Waals surface area contributed by atoms with E-state index in [1.165, 1.54) is 18.2 Å². The second-order valence-electron chi connectivity index (χ2n) is 4.19. The fourth-order valence-corrected chi connectivity index (χ4v) is 2.12. The predicted octanol–water partition coefficient (Wildman–Crippen LogP) is 2.67. The maximum Gasteiger partial charge on any atom is 0.283 e. The van der Waals surface area contributed by atoms with Crippen LogP contribution in [0.15, 0.2) is 22.7 Å². The number of nitro groups is 1. The van der Waals surface area contributed by atoms with Crippen LogP contribution in [0.1, 0.15) is 19.8 Å². The van der Waals surface area contributed by atoms with Gasteiger partial charge in [-0.3, -0.25) is 14.9 Å². The molecule has 1 amide bonds. The second-order valence-corrected chi connectivity index (χ2v) is 5.04. The van der Waals surface area contributed by atoms with E-state index in [4.69, 9.17) is 5.73 Å². The van der Waals surface area contributed by atoms with Crippen molar-refractivity contribution in [3.63, 3.8) is 0 Å². The Morgan fingerprint density at radius 3 is 2.74 bits per heavy atom. The maximum absolute atomic E-state index is 11.8. The number of nitrogens with zero attached hydrogens (tertiary/aromatic N) is 1. The molecule has 1 atom stereocenters. The van der Waals surface area contributed by atoms with Gasteiger partial charge in [-0.05, 0) is 40.5 Å². The van der Waals surface area contributed by atoms with Crippen LogP contribution < -0.4 is 11.1 Å². The molecule has 0 saturated carbocycles. The first-order valence-electron chi connectivity index (χ1n) is 5.91. The van der Waals surface area contributed by atoms with Gasteiger partial charge < -0.3 is 11.1 Å². The number of halogens is 1. The van der Waals surface area contributed by atoms with E-state index in [1.54, 1.807) is 0 Å². The minimum absolute atomic E-state index is 0.0357. The number of hydrogen-bond acceptors (Lipinski definition) is 4. The molecule has 0 heterocycles. The second kappa shape index (κ2) is 7.20. The number of nitrogens with two attached hydrogens (primary N) is 1. The van der Waals surface area contributed by atoms with Crippen LogP contribution >= 0.6 is 15.9 Å². The topological polar surface area (TPSA) is 98.3 Å². The molecule has 1 unspecified atom stereocenters. The summed E-state index contributed by atoms with van der Waals surface area (Å²) < 4.78 is 0.334. The summed E-state index contributed by atoms with van der Waals surface area (Å²) in [6.07, 6.45) is 1.19. The molecule has 7 heteroatoms. The molecule has 0 bridgehead atoms. The zero-order valence-electron chi connectivity index (χ0n) is 10.6. The smallest absolute Gasteiger partial charge is 0.283 e. The molecule has 0 spiro atoms. The molecule has 0 aromatic heterocycles. The zero-order chi connectivity index (χ0) is 14.4. The molecule has 104 valence electrons. The first-order valence-corrected chi connectivity index (χ1v) is 6.71. The Labute approximate surface area is 119 Å². The van der Waals surface area contributed by atoms with Crippen molar-refractivity contribution in [3.8, 4) is 0 Å². The minimum Gasteiger partial charge on any atom is -0.330 e. The highest BCUT2D eigenvalue weighted by atomic mass is 79.9. The van der Waals surface area contributed by atoms with E-state index in [1.807, 2.05) is 6.92 Å². The third kappa shape index (κ3) is 4.60. The number of hydrogen-bond donors (Lipinski definition) is 2. The number of carbonyl (C=O) groups is 1. The molecule has 0 radical (unpaired) electrons. The fourth-order valence-electron chi connectivity index (χ4n) is 1.60. The molecule has 0 saturated heterocycles. The standard InChI is InChI=1S/C12H16BrN3O3/c1-2-8(7-14)5-12(17)15-9-3-4-11(16(18)19)10(13)6-9/h3-4,6,8H,2,5,7,14H2,1H3,(H,15,17). The molecule has 6 nitrogen and oxygen atoms in total. The highest BCUT2D eigenvalue weighted by Crippen LogP contribution is 2.27. The average molecular weight is 330 g/mol. The predicted molar refractivity (Wildman–Crippen MR) is 76.9 cm³/mol. The molecular formula is C12H16BrN3O3. The Morgan fingerprint density at radius 2 is 2.26 bits per heavy atom. The van der Waals surface area contributed by atoms with Gasteiger partial charge in [-0.1, -0.05) is 13.3 Å². The monoisotopic (exact) mass is 329 g/mol. The molecule has 0 aliphatic carbocycles. The molecule has 3 N–H and O–H groups in total. The fraction of sp³-hybridized carbons (Fsp3) is 0.417. The molecule has 0 aliphatic rings. The van der Waals surface area contributed by atoms with Gasteiger partial charge in [0.05, 0.1) is 9.40 Å². The zero-order valence-corrected chi connectivity index (χ0v) is 12.1. The number of carbonyl (C=O) groups excluding carboxylic acids is 1. The Balaban J connectivity index is 2.70. The van der Waals surface area contributed by atoms with E-state index in [-0.39, 0.29) is 17.5 Å². The number of nitrogens with one attached hydrogen (secondary N) is 1. The summed E-state index contributed by atoms with van der Waals surface area (Å²) in [6, 6.07) is 4.36. The third-order valence-corrected chi connectivity index (χ3v) is 3.45. The van der Waals surface area contributed by atoms with E-state index in [0.29, 0.717) is 23.1 Å². The van der Waals surface area contributed by atoms with E-state index in [0.717, 1.165) is 6.42 Å². The van der Waals surface area contributed by atoms with E-state index >= 15 is 0 Å². The first kappa shape index (κ1) is 15.6. The van der Waals surface area contributed by atoms with E-state index in [2.05, 4.69) is 21.2 Å². The Bertz CT molecular complexity index is 475. The van der Waals surface area contributed by atoms with Crippen LogP contribution in [0.4, 0.5) is 11.4 Å². The van der Waals surface area contributed by atoms with Crippen LogP contribution in [0, 0.1) is 16.0 Å². The molecule has 19 heavy (non-hydrogen) atoms. The molecule has 0 aliphatic heterocycles. The van der Waals surface area contributed by atoms with Crippen molar-refractivity contribution < 1.29 is 9.72 Å². The van der Waals surface area contributed by atoms with Crippen LogP contribution in [0.25, 0.3) is 0 Å². The van der Waals surface area contributed by atoms with Gasteiger partial charge in [0.15, 0.2) is 0 Å². The van der Waals surface area contributed by atoms with Gasteiger partial charge in [-0.2, -0.15) is 0 Å². The lowest BCUT2D eigenvalue weighted by Crippen LogP contribution is -2.21. The van der Waals surface area contributed by atoms with Crippen LogP contribution in [0.3, 0.4) is 0 Å². The Morgan fingerprint density at radius 1 is 1.58 bits per heavy atom. The van der Waals surface area contributed by atoms with Gasteiger partial charge in [0.2, 0.25) is 5.91 Å². The summed E-state index contributed by atoms with van der Waals surface area (Å²) in [7, 11) is 0. The van der Waals surface area contributed by atoms with Crippen molar-refractivity contribution in [1.29, 1.82) is 0 Å². The van der Waals surface area contributed by atoms with Gasteiger partial charge in [-0.25, -0.2) is 0 Å². The van der Waals surface area contributed by atoms with Crippen molar-refractivity contribution >= 4 is 33.2 Å². The lowest BCUT2D eigenvalue weighted by Gasteiger charge is -2.12. The maximum atomic E-state index is 11.8. The molecule has 1 rings (SSSR count). The number of benzene rings is 1. The van der Waals surface area contributed by atoms with Gasteiger partial charge >= 0.3 is 0 Å². The number of amides is 1. The van der Waals surface area contributed by atoms with Crippen LogP contribution in [-0.4, -0.2) is 17.4 Å². The van der Waals surface area contributed by atoms with Gasteiger partial charge in [0, 0.05) is 18.2 Å². The van der Waals surface area contributed by atoms with E-state index < -0.39 is 4.92 Å². The van der Waals surface area contributed by atoms with Gasteiger partial charge in [0.25, 0.3) is 5.69 Å². The van der Waals surface area contributed by atoms with Crippen LogP contribution in [0.5, 0.6) is 0 Å². The van der Waals surface area contributed by atoms with Crippen LogP contribution in [0.2, 0.25) is 0 Å². The summed E-state index contributed by atoms with van der Waals surface area (Å²) >= 11 is 3.10. The average Bonchev–Trinajstić information content (AvgIpc) is 2.35. The van der Waals surface area contributed by atoms with Crippen LogP contribution in [-0.2, 0) is 4.79 Å². The summed E-state index contributed by atoms with van der Waals surface area (Å²) in [6.45, 7) is 2.45. The number of anilines is 1. The highest BCUT2D eigenvalue weighted by molar-refractivity contribution is 9.10. The molecular weight excluding hydrogens is 314 g/mol. The first-order chi connectivity index (χ1) is 8.97. The van der Waals surface area contributed by atoms with Crippen molar-refractivity contribution in [2.75, 3.05) is 11.9 Å². The van der Waals surface area contributed by atoms with Gasteiger partial charge in [0.1, 0.15) is 0 Å². The normalized spacial score (nSPS) is 11.9. The highest BCUT2D eigenvalue weighted by Gasteiger charge is 2.14. The Kier molecular flexibility index (Phi) is 5.91. The minimum atomic E-state index is -0.489.